The summed E-state index contributed by atoms with van der Waals surface area (Å²) in [5, 5.41) is 8.85. The van der Waals surface area contributed by atoms with Crippen LogP contribution in [0.1, 0.15) is 24.2 Å². The van der Waals surface area contributed by atoms with Gasteiger partial charge in [0.05, 0.1) is 5.69 Å². The van der Waals surface area contributed by atoms with Gasteiger partial charge in [-0.15, -0.1) is 0 Å². The normalized spacial score (nSPS) is 9.21. The molecule has 0 saturated carbocycles. The summed E-state index contributed by atoms with van der Waals surface area (Å²) in [5.41, 5.74) is 1.28. The molecule has 0 saturated heterocycles. The summed E-state index contributed by atoms with van der Waals surface area (Å²) in [6.45, 7) is 3.95. The molecule has 0 unspecified atom stereocenters. The van der Waals surface area contributed by atoms with Crippen molar-refractivity contribution in [1.82, 2.24) is 0 Å². The van der Waals surface area contributed by atoms with Gasteiger partial charge in [0.2, 0.25) is 0 Å². The molecule has 0 spiro atoms. The van der Waals surface area contributed by atoms with Crippen molar-refractivity contribution in [1.29, 1.82) is 5.26 Å². The van der Waals surface area contributed by atoms with Crippen LogP contribution in [-0.4, -0.2) is 12.3 Å². The molecule has 3 nitrogen and oxygen atoms in total. The quantitative estimate of drug-likeness (QED) is 0.415. The Morgan fingerprint density at radius 2 is 2.14 bits per heavy atom. The van der Waals surface area contributed by atoms with E-state index in [2.05, 4.69) is 0 Å². The van der Waals surface area contributed by atoms with E-state index < -0.39 is 0 Å². The number of nitriles is 1. The molecule has 72 valence electrons. The molecule has 1 rings (SSSR count). The van der Waals surface area contributed by atoms with Crippen LogP contribution in [0.25, 0.3) is 0 Å². The third-order valence-corrected chi connectivity index (χ3v) is 2.01. The maximum absolute atomic E-state index is 11.3. The Bertz CT molecular complexity index is 379. The van der Waals surface area contributed by atoms with Gasteiger partial charge in [0.15, 0.2) is 12.0 Å². The highest BCUT2D eigenvalue weighted by Gasteiger charge is 2.10. The van der Waals surface area contributed by atoms with Crippen molar-refractivity contribution in [2.45, 2.75) is 13.8 Å². The Kier molecular flexibility index (Phi) is 3.24. The molecule has 0 heterocycles. The summed E-state index contributed by atoms with van der Waals surface area (Å²) >= 11 is 0. The smallest absolute Gasteiger partial charge is 0.184 e. The van der Waals surface area contributed by atoms with Gasteiger partial charge in [-0.1, -0.05) is 12.1 Å². The van der Waals surface area contributed by atoms with E-state index in [1.807, 2.05) is 19.2 Å². The van der Waals surface area contributed by atoms with Crippen LogP contribution in [0.2, 0.25) is 0 Å². The van der Waals surface area contributed by atoms with E-state index in [9.17, 15) is 4.79 Å². The highest BCUT2D eigenvalue weighted by molar-refractivity contribution is 5.99. The van der Waals surface area contributed by atoms with E-state index in [0.29, 0.717) is 17.8 Å². The van der Waals surface area contributed by atoms with Crippen molar-refractivity contribution in [3.8, 4) is 6.19 Å². The summed E-state index contributed by atoms with van der Waals surface area (Å²) in [7, 11) is 0. The van der Waals surface area contributed by atoms with Crippen LogP contribution >= 0.6 is 0 Å². The molecule has 0 bridgehead atoms. The fraction of sp³-hybridized carbons (Fsp3) is 0.273. The maximum atomic E-state index is 11.3. The van der Waals surface area contributed by atoms with Gasteiger partial charge >= 0.3 is 0 Å². The number of ketones is 1. The van der Waals surface area contributed by atoms with E-state index >= 15 is 0 Å². The van der Waals surface area contributed by atoms with E-state index in [0.717, 1.165) is 0 Å². The van der Waals surface area contributed by atoms with Gasteiger partial charge in [-0.2, -0.15) is 5.26 Å². The molecule has 0 radical (unpaired) electrons. The van der Waals surface area contributed by atoms with Gasteiger partial charge in [0.25, 0.3) is 0 Å². The first-order valence-electron chi connectivity index (χ1n) is 4.48. The average molecular weight is 188 g/mol. The largest absolute Gasteiger partial charge is 0.294 e. The van der Waals surface area contributed by atoms with Crippen LogP contribution in [0.15, 0.2) is 24.3 Å². The zero-order chi connectivity index (χ0) is 10.6. The van der Waals surface area contributed by atoms with Gasteiger partial charge in [-0.05, 0) is 26.0 Å². The number of Topliss-reactive ketones (excluding diaryl/α,β-unsaturated/α-hetero) is 1. The standard InChI is InChI=1S/C11H12N2O/c1-3-13(8-12)11-7-5-4-6-10(11)9(2)14/h4-7H,3H2,1-2H3. The Labute approximate surface area is 83.6 Å². The van der Waals surface area contributed by atoms with E-state index in [1.54, 1.807) is 18.2 Å². The number of para-hydroxylation sites is 1. The minimum atomic E-state index is -0.0192. The topological polar surface area (TPSA) is 44.1 Å². The zero-order valence-corrected chi connectivity index (χ0v) is 8.32. The van der Waals surface area contributed by atoms with Crippen molar-refractivity contribution in [3.05, 3.63) is 29.8 Å². The summed E-state index contributed by atoms with van der Waals surface area (Å²) in [5.74, 6) is -0.0192. The fourth-order valence-electron chi connectivity index (χ4n) is 1.30. The van der Waals surface area contributed by atoms with Gasteiger partial charge in [-0.25, -0.2) is 0 Å². The first kappa shape index (κ1) is 10.3. The van der Waals surface area contributed by atoms with Gasteiger partial charge in [0, 0.05) is 12.1 Å². The van der Waals surface area contributed by atoms with E-state index in [4.69, 9.17) is 5.26 Å². The van der Waals surface area contributed by atoms with Gasteiger partial charge in [-0.3, -0.25) is 9.69 Å². The van der Waals surface area contributed by atoms with Crippen molar-refractivity contribution in [2.24, 2.45) is 0 Å². The minimum Gasteiger partial charge on any atom is -0.294 e. The zero-order valence-electron chi connectivity index (χ0n) is 8.32. The monoisotopic (exact) mass is 188 g/mol. The predicted molar refractivity (Wildman–Crippen MR) is 55.1 cm³/mol. The predicted octanol–water partition coefficient (Wildman–Crippen LogP) is 2.20. The van der Waals surface area contributed by atoms with Crippen LogP contribution in [0.5, 0.6) is 0 Å². The second-order valence-corrected chi connectivity index (χ2v) is 2.92. The lowest BCUT2D eigenvalue weighted by Crippen LogP contribution is -2.17. The molecule has 0 aliphatic carbocycles. The number of carbonyl (C=O) groups is 1. The fourth-order valence-corrected chi connectivity index (χ4v) is 1.30. The third-order valence-electron chi connectivity index (χ3n) is 2.01. The molecule has 0 fully saturated rings. The summed E-state index contributed by atoms with van der Waals surface area (Å²) in [4.78, 5) is 12.8. The lowest BCUT2D eigenvalue weighted by molar-refractivity contribution is 0.101. The average Bonchev–Trinajstić information content (AvgIpc) is 2.20. The Morgan fingerprint density at radius 3 is 2.64 bits per heavy atom. The summed E-state index contributed by atoms with van der Waals surface area (Å²) < 4.78 is 0. The van der Waals surface area contributed by atoms with Crippen LogP contribution < -0.4 is 4.90 Å². The molecule has 0 amide bonds. The van der Waals surface area contributed by atoms with Gasteiger partial charge in [0.1, 0.15) is 0 Å². The molecule has 0 aliphatic rings. The second-order valence-electron chi connectivity index (χ2n) is 2.92. The highest BCUT2D eigenvalue weighted by Crippen LogP contribution is 2.19. The van der Waals surface area contributed by atoms with Crippen LogP contribution in [0, 0.1) is 11.5 Å². The number of benzene rings is 1. The SMILES string of the molecule is CCN(C#N)c1ccccc1C(C)=O. The first-order valence-corrected chi connectivity index (χ1v) is 4.48. The van der Waals surface area contributed by atoms with Gasteiger partial charge < -0.3 is 0 Å². The van der Waals surface area contributed by atoms with Crippen molar-refractivity contribution in [2.75, 3.05) is 11.4 Å². The Morgan fingerprint density at radius 1 is 1.50 bits per heavy atom. The molecule has 0 aromatic heterocycles. The lowest BCUT2D eigenvalue weighted by Gasteiger charge is -2.15. The molecule has 1 aromatic rings. The van der Waals surface area contributed by atoms with Crippen LogP contribution in [0.4, 0.5) is 5.69 Å². The molecule has 0 N–H and O–H groups in total. The Balaban J connectivity index is 3.20. The number of anilines is 1. The van der Waals surface area contributed by atoms with Crippen molar-refractivity contribution >= 4 is 11.5 Å². The third kappa shape index (κ3) is 1.91. The van der Waals surface area contributed by atoms with Crippen molar-refractivity contribution < 1.29 is 4.79 Å². The molecule has 0 atom stereocenters. The number of carbonyl (C=O) groups excluding carboxylic acids is 1. The lowest BCUT2D eigenvalue weighted by atomic mass is 10.1. The maximum Gasteiger partial charge on any atom is 0.184 e. The number of rotatable bonds is 3. The van der Waals surface area contributed by atoms with Crippen LogP contribution in [-0.2, 0) is 0 Å². The number of hydrogen-bond donors (Lipinski definition) is 0. The molecular weight excluding hydrogens is 176 g/mol. The Hall–Kier alpha value is -1.82. The first-order chi connectivity index (χ1) is 6.70. The second kappa shape index (κ2) is 4.43. The van der Waals surface area contributed by atoms with Crippen LogP contribution in [0.3, 0.4) is 0 Å². The van der Waals surface area contributed by atoms with E-state index in [-0.39, 0.29) is 5.78 Å². The highest BCUT2D eigenvalue weighted by atomic mass is 16.1. The van der Waals surface area contributed by atoms with Crippen molar-refractivity contribution in [3.63, 3.8) is 0 Å². The molecule has 1 aromatic carbocycles. The number of nitrogens with zero attached hydrogens (tertiary/aromatic N) is 2. The summed E-state index contributed by atoms with van der Waals surface area (Å²) in [6.07, 6.45) is 2.04. The molecule has 0 aliphatic heterocycles. The number of hydrogen-bond acceptors (Lipinski definition) is 3. The minimum absolute atomic E-state index is 0.0192. The van der Waals surface area contributed by atoms with E-state index in [1.165, 1.54) is 11.8 Å². The molecule has 14 heavy (non-hydrogen) atoms. The molecular formula is C11H12N2O. The molecule has 3 heteroatoms. The summed E-state index contributed by atoms with van der Waals surface area (Å²) in [6, 6.07) is 7.13.